The van der Waals surface area contributed by atoms with Gasteiger partial charge in [0.15, 0.2) is 6.29 Å². The van der Waals surface area contributed by atoms with Crippen molar-refractivity contribution in [2.24, 2.45) is 0 Å². The van der Waals surface area contributed by atoms with Crippen LogP contribution >= 0.6 is 0 Å². The number of carbonyl (C=O) groups excluding carboxylic acids is 1. The molecule has 0 saturated heterocycles. The van der Waals surface area contributed by atoms with Gasteiger partial charge in [0.1, 0.15) is 0 Å². The van der Waals surface area contributed by atoms with E-state index in [1.807, 2.05) is 39.0 Å². The number of benzene rings is 1. The minimum Gasteiger partial charge on any atom is -0.377 e. The van der Waals surface area contributed by atoms with Crippen molar-refractivity contribution in [3.05, 3.63) is 29.3 Å². The molecule has 0 aliphatic carbocycles. The molecule has 2 N–H and O–H groups in total. The summed E-state index contributed by atoms with van der Waals surface area (Å²) in [6.07, 6.45) is -0.322. The summed E-state index contributed by atoms with van der Waals surface area (Å²) in [5.74, 6) is -0.0538. The summed E-state index contributed by atoms with van der Waals surface area (Å²) in [6.45, 7) is 6.47. The van der Waals surface area contributed by atoms with E-state index in [9.17, 15) is 4.79 Å². The maximum Gasteiger partial charge on any atom is 0.251 e. The van der Waals surface area contributed by atoms with E-state index in [1.54, 1.807) is 14.2 Å². The van der Waals surface area contributed by atoms with E-state index in [4.69, 9.17) is 9.47 Å². The Bertz CT molecular complexity index is 445. The lowest BCUT2D eigenvalue weighted by Crippen LogP contribution is -2.34. The Morgan fingerprint density at radius 2 is 1.95 bits per heavy atom. The molecule has 1 unspecified atom stereocenters. The summed E-state index contributed by atoms with van der Waals surface area (Å²) >= 11 is 0. The summed E-state index contributed by atoms with van der Waals surface area (Å²) < 4.78 is 10.4. The van der Waals surface area contributed by atoms with E-state index in [0.29, 0.717) is 12.1 Å². The zero-order valence-electron chi connectivity index (χ0n) is 12.8. The molecule has 1 atom stereocenters. The SMILES string of the molecule is CCNC(=O)c1ccc(NC(C)C(OC)OC)c(C)c1. The maximum absolute atomic E-state index is 11.8. The number of amides is 1. The van der Waals surface area contributed by atoms with Crippen LogP contribution in [0.4, 0.5) is 5.69 Å². The van der Waals surface area contributed by atoms with Crippen molar-refractivity contribution in [1.82, 2.24) is 5.32 Å². The van der Waals surface area contributed by atoms with Crippen molar-refractivity contribution >= 4 is 11.6 Å². The first-order valence-corrected chi connectivity index (χ1v) is 6.74. The Hall–Kier alpha value is -1.59. The fourth-order valence-corrected chi connectivity index (χ4v) is 2.05. The quantitative estimate of drug-likeness (QED) is 0.751. The summed E-state index contributed by atoms with van der Waals surface area (Å²) in [7, 11) is 3.22. The maximum atomic E-state index is 11.8. The van der Waals surface area contributed by atoms with E-state index in [1.165, 1.54) is 0 Å². The van der Waals surface area contributed by atoms with Crippen molar-refractivity contribution in [1.29, 1.82) is 0 Å². The summed E-state index contributed by atoms with van der Waals surface area (Å²) in [5, 5.41) is 6.11. The van der Waals surface area contributed by atoms with E-state index in [-0.39, 0.29) is 18.2 Å². The highest BCUT2D eigenvalue weighted by Gasteiger charge is 2.16. The Morgan fingerprint density at radius 1 is 1.30 bits per heavy atom. The second-order valence-corrected chi connectivity index (χ2v) is 4.66. The predicted molar refractivity (Wildman–Crippen MR) is 80.1 cm³/mol. The molecule has 5 heteroatoms. The van der Waals surface area contributed by atoms with Crippen molar-refractivity contribution in [2.45, 2.75) is 33.1 Å². The fraction of sp³-hybridized carbons (Fsp3) is 0.533. The largest absolute Gasteiger partial charge is 0.377 e. The van der Waals surface area contributed by atoms with Crippen LogP contribution in [0.5, 0.6) is 0 Å². The number of methoxy groups -OCH3 is 2. The second kappa shape index (κ2) is 7.87. The molecule has 0 aliphatic heterocycles. The minimum absolute atomic E-state index is 0.000909. The number of anilines is 1. The molecule has 0 aromatic heterocycles. The molecular formula is C15H24N2O3. The van der Waals surface area contributed by atoms with E-state index in [2.05, 4.69) is 10.6 Å². The van der Waals surface area contributed by atoms with Gasteiger partial charge in [0.2, 0.25) is 0 Å². The molecule has 112 valence electrons. The molecule has 0 radical (unpaired) electrons. The van der Waals surface area contributed by atoms with Crippen LogP contribution in [0, 0.1) is 6.92 Å². The second-order valence-electron chi connectivity index (χ2n) is 4.66. The van der Waals surface area contributed by atoms with Crippen molar-refractivity contribution in [2.75, 3.05) is 26.1 Å². The molecule has 0 aliphatic rings. The highest BCUT2D eigenvalue weighted by atomic mass is 16.7. The first-order valence-electron chi connectivity index (χ1n) is 6.74. The Kier molecular flexibility index (Phi) is 6.48. The molecular weight excluding hydrogens is 256 g/mol. The molecule has 1 amide bonds. The first kappa shape index (κ1) is 16.5. The van der Waals surface area contributed by atoms with E-state index >= 15 is 0 Å². The molecule has 0 saturated carbocycles. The van der Waals surface area contributed by atoms with Gasteiger partial charge in [0.25, 0.3) is 5.91 Å². The van der Waals surface area contributed by atoms with E-state index in [0.717, 1.165) is 11.3 Å². The highest BCUT2D eigenvalue weighted by Crippen LogP contribution is 2.19. The molecule has 1 aromatic carbocycles. The van der Waals surface area contributed by atoms with Crippen LogP contribution in [0.15, 0.2) is 18.2 Å². The van der Waals surface area contributed by atoms with Crippen LogP contribution in [-0.2, 0) is 9.47 Å². The number of carbonyl (C=O) groups is 1. The van der Waals surface area contributed by atoms with Crippen LogP contribution in [0.3, 0.4) is 0 Å². The lowest BCUT2D eigenvalue weighted by molar-refractivity contribution is -0.109. The van der Waals surface area contributed by atoms with Gasteiger partial charge in [0, 0.05) is 32.0 Å². The number of ether oxygens (including phenoxy) is 2. The minimum atomic E-state index is -0.322. The van der Waals surface area contributed by atoms with Gasteiger partial charge in [-0.25, -0.2) is 0 Å². The molecule has 0 spiro atoms. The van der Waals surface area contributed by atoms with Gasteiger partial charge >= 0.3 is 0 Å². The van der Waals surface area contributed by atoms with Crippen molar-refractivity contribution in [3.63, 3.8) is 0 Å². The number of aryl methyl sites for hydroxylation is 1. The van der Waals surface area contributed by atoms with Gasteiger partial charge in [-0.1, -0.05) is 0 Å². The molecule has 0 fully saturated rings. The monoisotopic (exact) mass is 280 g/mol. The number of nitrogens with one attached hydrogen (secondary N) is 2. The smallest absolute Gasteiger partial charge is 0.251 e. The zero-order valence-corrected chi connectivity index (χ0v) is 12.8. The van der Waals surface area contributed by atoms with E-state index < -0.39 is 0 Å². The standard InChI is InChI=1S/C15H24N2O3/c1-6-16-14(18)12-7-8-13(10(2)9-12)17-11(3)15(19-4)20-5/h7-9,11,15,17H,6H2,1-5H3,(H,16,18). The topological polar surface area (TPSA) is 59.6 Å². The van der Waals surface area contributed by atoms with Gasteiger partial charge in [-0.05, 0) is 44.5 Å². The first-order chi connectivity index (χ1) is 9.53. The fourth-order valence-electron chi connectivity index (χ4n) is 2.05. The van der Waals surface area contributed by atoms with Crippen LogP contribution in [0.1, 0.15) is 29.8 Å². The molecule has 0 heterocycles. The third-order valence-corrected chi connectivity index (χ3v) is 3.08. The summed E-state index contributed by atoms with van der Waals surface area (Å²) in [5.41, 5.74) is 2.63. The van der Waals surface area contributed by atoms with Gasteiger partial charge in [-0.15, -0.1) is 0 Å². The van der Waals surface area contributed by atoms with Crippen molar-refractivity contribution in [3.8, 4) is 0 Å². The molecule has 0 bridgehead atoms. The third kappa shape index (κ3) is 4.21. The Labute approximate surface area is 120 Å². The van der Waals surface area contributed by atoms with Crippen LogP contribution in [0.25, 0.3) is 0 Å². The molecule has 1 rings (SSSR count). The normalized spacial score (nSPS) is 12.3. The number of hydrogen-bond donors (Lipinski definition) is 2. The molecule has 1 aromatic rings. The lowest BCUT2D eigenvalue weighted by atomic mass is 10.1. The van der Waals surface area contributed by atoms with Crippen molar-refractivity contribution < 1.29 is 14.3 Å². The highest BCUT2D eigenvalue weighted by molar-refractivity contribution is 5.94. The van der Waals surface area contributed by atoms with Gasteiger partial charge < -0.3 is 20.1 Å². The van der Waals surface area contributed by atoms with Gasteiger partial charge in [0.05, 0.1) is 6.04 Å². The average molecular weight is 280 g/mol. The number of hydrogen-bond acceptors (Lipinski definition) is 4. The number of rotatable bonds is 7. The molecule has 20 heavy (non-hydrogen) atoms. The average Bonchev–Trinajstić information content (AvgIpc) is 2.42. The van der Waals surface area contributed by atoms with Crippen LogP contribution in [0.2, 0.25) is 0 Å². The Morgan fingerprint density at radius 3 is 2.45 bits per heavy atom. The third-order valence-electron chi connectivity index (χ3n) is 3.08. The van der Waals surface area contributed by atoms with Gasteiger partial charge in [-0.2, -0.15) is 0 Å². The summed E-state index contributed by atoms with van der Waals surface area (Å²) in [6, 6.07) is 5.58. The zero-order chi connectivity index (χ0) is 15.1. The summed E-state index contributed by atoms with van der Waals surface area (Å²) in [4.78, 5) is 11.8. The van der Waals surface area contributed by atoms with Crippen LogP contribution < -0.4 is 10.6 Å². The predicted octanol–water partition coefficient (Wildman–Crippen LogP) is 2.16. The lowest BCUT2D eigenvalue weighted by Gasteiger charge is -2.24. The Balaban J connectivity index is 2.80. The molecule has 5 nitrogen and oxygen atoms in total. The van der Waals surface area contributed by atoms with Gasteiger partial charge in [-0.3, -0.25) is 4.79 Å². The van der Waals surface area contributed by atoms with Crippen LogP contribution in [-0.4, -0.2) is 39.0 Å².